The van der Waals surface area contributed by atoms with Crippen LogP contribution in [0, 0.1) is 0 Å². The number of nitrogens with zero attached hydrogens (tertiary/aromatic N) is 3. The minimum atomic E-state index is -0.282. The van der Waals surface area contributed by atoms with E-state index in [9.17, 15) is 4.79 Å². The summed E-state index contributed by atoms with van der Waals surface area (Å²) in [6.45, 7) is 4.61. The molecule has 0 saturated carbocycles. The van der Waals surface area contributed by atoms with Crippen LogP contribution < -0.4 is 10.2 Å². The maximum atomic E-state index is 11.4. The van der Waals surface area contributed by atoms with Gasteiger partial charge in [-0.25, -0.2) is 9.97 Å². The van der Waals surface area contributed by atoms with Crippen LogP contribution in [0.5, 0.6) is 0 Å². The van der Waals surface area contributed by atoms with Crippen molar-refractivity contribution in [3.63, 3.8) is 0 Å². The third-order valence-electron chi connectivity index (χ3n) is 3.23. The summed E-state index contributed by atoms with van der Waals surface area (Å²) in [5.74, 6) is 0.228. The summed E-state index contributed by atoms with van der Waals surface area (Å²) in [7, 11) is 1.76. The summed E-state index contributed by atoms with van der Waals surface area (Å²) in [5.41, 5.74) is 1.01. The van der Waals surface area contributed by atoms with Crippen molar-refractivity contribution in [2.75, 3.05) is 38.3 Å². The van der Waals surface area contributed by atoms with Gasteiger partial charge in [0.05, 0.1) is 13.2 Å². The molecule has 1 fully saturated rings. The van der Waals surface area contributed by atoms with Gasteiger partial charge in [-0.1, -0.05) is 0 Å². The Labute approximate surface area is 124 Å². The van der Waals surface area contributed by atoms with E-state index in [0.717, 1.165) is 31.7 Å². The molecule has 0 aromatic carbocycles. The standard InChI is InChI=1S/C14H22N4O3/c1-3-21-13(19)9-18(2)14-16-7-11(8-17-14)6-15-12-4-5-20-10-12/h7-8,12,15H,3-6,9-10H2,1-2H3/t12-/m1/s1. The molecular formula is C14H22N4O3. The second-order valence-electron chi connectivity index (χ2n) is 4.99. The second kappa shape index (κ2) is 7.90. The fraction of sp³-hybridized carbons (Fsp3) is 0.643. The third-order valence-corrected chi connectivity index (χ3v) is 3.23. The van der Waals surface area contributed by atoms with Gasteiger partial charge in [-0.3, -0.25) is 4.79 Å². The largest absolute Gasteiger partial charge is 0.465 e. The van der Waals surface area contributed by atoms with Crippen molar-refractivity contribution in [2.45, 2.75) is 25.9 Å². The number of carbonyl (C=O) groups is 1. The Bertz CT molecular complexity index is 446. The molecule has 1 aliphatic rings. The average molecular weight is 294 g/mol. The van der Waals surface area contributed by atoms with E-state index in [1.165, 1.54) is 0 Å². The van der Waals surface area contributed by atoms with Crippen molar-refractivity contribution in [3.05, 3.63) is 18.0 Å². The number of rotatable bonds is 7. The maximum Gasteiger partial charge on any atom is 0.325 e. The molecule has 0 amide bonds. The lowest BCUT2D eigenvalue weighted by molar-refractivity contribution is -0.141. The number of ether oxygens (including phenoxy) is 2. The molecule has 2 heterocycles. The Morgan fingerprint density at radius 1 is 1.52 bits per heavy atom. The highest BCUT2D eigenvalue weighted by Gasteiger charge is 2.15. The maximum absolute atomic E-state index is 11.4. The van der Waals surface area contributed by atoms with Crippen LogP contribution in [0.3, 0.4) is 0 Å². The monoisotopic (exact) mass is 294 g/mol. The predicted molar refractivity (Wildman–Crippen MR) is 78.0 cm³/mol. The quantitative estimate of drug-likeness (QED) is 0.727. The van der Waals surface area contributed by atoms with Crippen LogP contribution in [0.2, 0.25) is 0 Å². The van der Waals surface area contributed by atoms with Gasteiger partial charge in [-0.2, -0.15) is 0 Å². The van der Waals surface area contributed by atoms with Gasteiger partial charge in [0.2, 0.25) is 5.95 Å². The summed E-state index contributed by atoms with van der Waals surface area (Å²) in [6, 6.07) is 0.413. The summed E-state index contributed by atoms with van der Waals surface area (Å²) in [6.07, 6.45) is 4.58. The topological polar surface area (TPSA) is 76.6 Å². The molecule has 7 nitrogen and oxygen atoms in total. The van der Waals surface area contributed by atoms with Gasteiger partial charge in [-0.15, -0.1) is 0 Å². The number of aromatic nitrogens is 2. The summed E-state index contributed by atoms with van der Waals surface area (Å²) in [5, 5.41) is 3.40. The van der Waals surface area contributed by atoms with Crippen molar-refractivity contribution in [1.82, 2.24) is 15.3 Å². The van der Waals surface area contributed by atoms with Crippen LogP contribution in [0.25, 0.3) is 0 Å². The molecule has 7 heteroatoms. The third kappa shape index (κ3) is 4.95. The summed E-state index contributed by atoms with van der Waals surface area (Å²) < 4.78 is 10.2. The van der Waals surface area contributed by atoms with Crippen LogP contribution in [-0.4, -0.2) is 55.4 Å². The number of carbonyl (C=O) groups excluding carboxylic acids is 1. The first-order chi connectivity index (χ1) is 10.2. The van der Waals surface area contributed by atoms with Gasteiger partial charge in [0.1, 0.15) is 6.54 Å². The van der Waals surface area contributed by atoms with E-state index in [0.29, 0.717) is 18.6 Å². The summed E-state index contributed by atoms with van der Waals surface area (Å²) >= 11 is 0. The highest BCUT2D eigenvalue weighted by atomic mass is 16.5. The van der Waals surface area contributed by atoms with E-state index in [1.807, 2.05) is 0 Å². The Kier molecular flexibility index (Phi) is 5.89. The zero-order chi connectivity index (χ0) is 15.1. The van der Waals surface area contributed by atoms with Crippen molar-refractivity contribution in [1.29, 1.82) is 0 Å². The number of hydrogen-bond donors (Lipinski definition) is 1. The summed E-state index contributed by atoms with van der Waals surface area (Å²) in [4.78, 5) is 21.6. The van der Waals surface area contributed by atoms with E-state index in [1.54, 1.807) is 31.3 Å². The lowest BCUT2D eigenvalue weighted by atomic mass is 10.2. The fourth-order valence-corrected chi connectivity index (χ4v) is 2.07. The van der Waals surface area contributed by atoms with Crippen LogP contribution in [0.15, 0.2) is 12.4 Å². The van der Waals surface area contributed by atoms with E-state index < -0.39 is 0 Å². The molecule has 0 radical (unpaired) electrons. The van der Waals surface area contributed by atoms with E-state index in [4.69, 9.17) is 9.47 Å². The lowest BCUT2D eigenvalue weighted by Crippen LogP contribution is -2.29. The molecule has 1 saturated heterocycles. The number of anilines is 1. The zero-order valence-electron chi connectivity index (χ0n) is 12.5. The molecule has 1 atom stereocenters. The highest BCUT2D eigenvalue weighted by molar-refractivity contribution is 5.74. The molecule has 0 aliphatic carbocycles. The number of esters is 1. The minimum absolute atomic E-state index is 0.144. The van der Waals surface area contributed by atoms with Crippen molar-refractivity contribution in [2.24, 2.45) is 0 Å². The van der Waals surface area contributed by atoms with Gasteiger partial charge < -0.3 is 19.7 Å². The molecule has 21 heavy (non-hydrogen) atoms. The first kappa shape index (κ1) is 15.7. The van der Waals surface area contributed by atoms with Gasteiger partial charge in [0, 0.05) is 44.2 Å². The number of likely N-dealkylation sites (N-methyl/N-ethyl adjacent to an activating group) is 1. The van der Waals surface area contributed by atoms with E-state index in [2.05, 4.69) is 15.3 Å². The van der Waals surface area contributed by atoms with Crippen LogP contribution in [-0.2, 0) is 20.8 Å². The van der Waals surface area contributed by atoms with Gasteiger partial charge >= 0.3 is 5.97 Å². The Hall–Kier alpha value is -1.73. The van der Waals surface area contributed by atoms with Crippen molar-refractivity contribution >= 4 is 11.9 Å². The van der Waals surface area contributed by atoms with Crippen LogP contribution in [0.1, 0.15) is 18.9 Å². The van der Waals surface area contributed by atoms with Crippen molar-refractivity contribution < 1.29 is 14.3 Å². The first-order valence-electron chi connectivity index (χ1n) is 7.18. The van der Waals surface area contributed by atoms with Crippen molar-refractivity contribution in [3.8, 4) is 0 Å². The number of nitrogens with one attached hydrogen (secondary N) is 1. The van der Waals surface area contributed by atoms with Gasteiger partial charge in [-0.05, 0) is 13.3 Å². The molecule has 1 N–H and O–H groups in total. The first-order valence-corrected chi connectivity index (χ1v) is 7.18. The average Bonchev–Trinajstić information content (AvgIpc) is 2.99. The van der Waals surface area contributed by atoms with E-state index >= 15 is 0 Å². The Morgan fingerprint density at radius 3 is 2.90 bits per heavy atom. The highest BCUT2D eigenvalue weighted by Crippen LogP contribution is 2.07. The van der Waals surface area contributed by atoms with Gasteiger partial charge in [0.15, 0.2) is 0 Å². The second-order valence-corrected chi connectivity index (χ2v) is 4.99. The zero-order valence-corrected chi connectivity index (χ0v) is 12.5. The van der Waals surface area contributed by atoms with Gasteiger partial charge in [0.25, 0.3) is 0 Å². The molecule has 1 aromatic rings. The number of hydrogen-bond acceptors (Lipinski definition) is 7. The van der Waals surface area contributed by atoms with Crippen LogP contribution in [0.4, 0.5) is 5.95 Å². The SMILES string of the molecule is CCOC(=O)CN(C)c1ncc(CN[C@@H]2CCOC2)cn1. The molecular weight excluding hydrogens is 272 g/mol. The fourth-order valence-electron chi connectivity index (χ4n) is 2.07. The molecule has 1 aromatic heterocycles. The molecule has 1 aliphatic heterocycles. The molecule has 116 valence electrons. The minimum Gasteiger partial charge on any atom is -0.465 e. The normalized spacial score (nSPS) is 17.7. The Balaban J connectivity index is 1.81. The van der Waals surface area contributed by atoms with Crippen LogP contribution >= 0.6 is 0 Å². The Morgan fingerprint density at radius 2 is 2.29 bits per heavy atom. The smallest absolute Gasteiger partial charge is 0.325 e. The molecule has 0 spiro atoms. The molecule has 0 bridgehead atoms. The molecule has 2 rings (SSSR count). The predicted octanol–water partition coefficient (Wildman–Crippen LogP) is 0.354. The molecule has 0 unspecified atom stereocenters. The lowest BCUT2D eigenvalue weighted by Gasteiger charge is -2.16. The van der Waals surface area contributed by atoms with E-state index in [-0.39, 0.29) is 12.5 Å².